The normalized spacial score (nSPS) is 31.8. The summed E-state index contributed by atoms with van der Waals surface area (Å²) in [6.07, 6.45) is 17.6. The van der Waals surface area contributed by atoms with E-state index in [0.717, 1.165) is 44.9 Å². The maximum Gasteiger partial charge on any atom is 0.222 e. The highest BCUT2D eigenvalue weighted by atomic mass is 16.3. The van der Waals surface area contributed by atoms with Crippen LogP contribution >= 0.6 is 0 Å². The summed E-state index contributed by atoms with van der Waals surface area (Å²) in [4.78, 5) is 13.4. The minimum Gasteiger partial charge on any atom is -0.392 e. The van der Waals surface area contributed by atoms with Gasteiger partial charge in [-0.2, -0.15) is 0 Å². The number of aliphatic hydroxyl groups is 2. The summed E-state index contributed by atoms with van der Waals surface area (Å²) in [5.41, 5.74) is 0.902. The molecule has 164 valence electrons. The van der Waals surface area contributed by atoms with Gasteiger partial charge in [0, 0.05) is 26.4 Å². The molecule has 0 bridgehead atoms. The predicted molar refractivity (Wildman–Crippen MR) is 117 cm³/mol. The van der Waals surface area contributed by atoms with Crippen molar-refractivity contribution < 1.29 is 15.0 Å². The molecule has 2 N–H and O–H groups in total. The smallest absolute Gasteiger partial charge is 0.222 e. The van der Waals surface area contributed by atoms with E-state index in [4.69, 9.17) is 0 Å². The van der Waals surface area contributed by atoms with Gasteiger partial charge < -0.3 is 15.1 Å². The highest BCUT2D eigenvalue weighted by Gasteiger charge is 2.43. The van der Waals surface area contributed by atoms with Crippen LogP contribution in [0.5, 0.6) is 0 Å². The van der Waals surface area contributed by atoms with Gasteiger partial charge in [-0.3, -0.25) is 4.79 Å². The topological polar surface area (TPSA) is 60.8 Å². The lowest BCUT2D eigenvalue weighted by Crippen LogP contribution is -2.32. The minimum absolute atomic E-state index is 0.212. The van der Waals surface area contributed by atoms with Crippen LogP contribution in [-0.4, -0.2) is 46.8 Å². The Bertz CT molecular complexity index is 616. The number of amides is 1. The third-order valence-electron chi connectivity index (χ3n) is 7.71. The fraction of sp³-hybridized carbons (Fsp3) is 0.800. The van der Waals surface area contributed by atoms with Crippen LogP contribution in [0.25, 0.3) is 0 Å². The second-order valence-corrected chi connectivity index (χ2v) is 10.2. The zero-order valence-electron chi connectivity index (χ0n) is 18.6. The van der Waals surface area contributed by atoms with Crippen molar-refractivity contribution >= 4 is 5.91 Å². The third-order valence-corrected chi connectivity index (χ3v) is 7.71. The quantitative estimate of drug-likeness (QED) is 0.441. The number of rotatable bonds is 9. The SMILES string of the molecule is CN(C)C(=O)CCCCC1=C[C@H]2C[C@@H](O)[C@H](/C=C/C[C@@](C)(O)C3CCCC3)[C@H]2C1. The van der Waals surface area contributed by atoms with Crippen molar-refractivity contribution in [2.24, 2.45) is 23.7 Å². The Morgan fingerprint density at radius 1 is 1.28 bits per heavy atom. The van der Waals surface area contributed by atoms with Crippen molar-refractivity contribution in [3.05, 3.63) is 23.8 Å². The number of hydrogen-bond donors (Lipinski definition) is 2. The van der Waals surface area contributed by atoms with Gasteiger partial charge in [-0.15, -0.1) is 0 Å². The van der Waals surface area contributed by atoms with Crippen LogP contribution in [-0.2, 0) is 4.79 Å². The molecule has 0 saturated heterocycles. The van der Waals surface area contributed by atoms with E-state index in [-0.39, 0.29) is 17.9 Å². The van der Waals surface area contributed by atoms with Crippen LogP contribution < -0.4 is 0 Å². The number of unbranched alkanes of at least 4 members (excludes halogenated alkanes) is 1. The van der Waals surface area contributed by atoms with E-state index in [1.807, 2.05) is 21.0 Å². The Hall–Kier alpha value is -1.13. The van der Waals surface area contributed by atoms with E-state index in [2.05, 4.69) is 18.2 Å². The number of nitrogens with zero attached hydrogens (tertiary/aromatic N) is 1. The summed E-state index contributed by atoms with van der Waals surface area (Å²) in [5, 5.41) is 21.4. The first-order valence-electron chi connectivity index (χ1n) is 11.7. The van der Waals surface area contributed by atoms with Crippen molar-refractivity contribution in [2.75, 3.05) is 14.1 Å². The minimum atomic E-state index is -0.612. The lowest BCUT2D eigenvalue weighted by atomic mass is 9.83. The van der Waals surface area contributed by atoms with Gasteiger partial charge in [-0.05, 0) is 76.0 Å². The van der Waals surface area contributed by atoms with E-state index in [9.17, 15) is 15.0 Å². The highest BCUT2D eigenvalue weighted by Crippen LogP contribution is 2.48. The second-order valence-electron chi connectivity index (χ2n) is 10.2. The molecule has 3 rings (SSSR count). The molecule has 1 amide bonds. The molecule has 4 heteroatoms. The average Bonchev–Trinajstić information content (AvgIpc) is 3.37. The first-order chi connectivity index (χ1) is 13.8. The third kappa shape index (κ3) is 5.73. The zero-order valence-corrected chi connectivity index (χ0v) is 18.6. The zero-order chi connectivity index (χ0) is 21.0. The summed E-state index contributed by atoms with van der Waals surface area (Å²) in [6.45, 7) is 1.98. The molecule has 0 aliphatic heterocycles. The number of aliphatic hydroxyl groups excluding tert-OH is 1. The monoisotopic (exact) mass is 403 g/mol. The Morgan fingerprint density at radius 2 is 2.00 bits per heavy atom. The Balaban J connectivity index is 1.45. The number of allylic oxidation sites excluding steroid dienone is 2. The molecule has 3 aliphatic carbocycles. The summed E-state index contributed by atoms with van der Waals surface area (Å²) in [5.74, 6) is 1.85. The number of fused-ring (bicyclic) bond motifs is 1. The molecule has 3 aliphatic rings. The fourth-order valence-electron chi connectivity index (χ4n) is 5.82. The summed E-state index contributed by atoms with van der Waals surface area (Å²) >= 11 is 0. The molecule has 0 aromatic heterocycles. The molecule has 0 aromatic carbocycles. The van der Waals surface area contributed by atoms with Crippen molar-refractivity contribution in [2.45, 2.75) is 89.3 Å². The van der Waals surface area contributed by atoms with Crippen LogP contribution in [0.15, 0.2) is 23.8 Å². The second kappa shape index (κ2) is 9.78. The Kier molecular flexibility index (Phi) is 7.61. The number of carbonyl (C=O) groups excluding carboxylic acids is 1. The molecule has 0 radical (unpaired) electrons. The van der Waals surface area contributed by atoms with Gasteiger partial charge in [0.05, 0.1) is 11.7 Å². The first kappa shape index (κ1) is 22.6. The van der Waals surface area contributed by atoms with Gasteiger partial charge in [0.15, 0.2) is 0 Å². The molecule has 0 spiro atoms. The lowest BCUT2D eigenvalue weighted by Gasteiger charge is -2.29. The standard InChI is InChI=1S/C25H41NO3/c1-25(29,20-10-5-6-11-20)14-8-12-21-22-16-18(15-19(22)17-23(21)27)9-4-7-13-24(28)26(2)3/h8,12,15,19-23,27,29H,4-7,9-11,13-14,16-17H2,1-3H3/b12-8+/t19-,21+,22-,23+,25+/m0/s1. The molecule has 5 atom stereocenters. The van der Waals surface area contributed by atoms with E-state index in [1.165, 1.54) is 18.4 Å². The average molecular weight is 404 g/mol. The van der Waals surface area contributed by atoms with Crippen LogP contribution in [0.3, 0.4) is 0 Å². The molecular weight excluding hydrogens is 362 g/mol. The molecule has 0 unspecified atom stereocenters. The van der Waals surface area contributed by atoms with Gasteiger partial charge in [-0.1, -0.05) is 36.6 Å². The van der Waals surface area contributed by atoms with Crippen LogP contribution in [0.2, 0.25) is 0 Å². The molecule has 2 fully saturated rings. The van der Waals surface area contributed by atoms with Crippen LogP contribution in [0.4, 0.5) is 0 Å². The fourth-order valence-corrected chi connectivity index (χ4v) is 5.82. The van der Waals surface area contributed by atoms with Crippen LogP contribution in [0, 0.1) is 23.7 Å². The van der Waals surface area contributed by atoms with Crippen molar-refractivity contribution in [3.8, 4) is 0 Å². The molecule has 2 saturated carbocycles. The maximum atomic E-state index is 11.7. The molecule has 0 aromatic rings. The number of carbonyl (C=O) groups is 1. The van der Waals surface area contributed by atoms with Gasteiger partial charge in [-0.25, -0.2) is 0 Å². The Labute approximate surface area is 177 Å². The van der Waals surface area contributed by atoms with E-state index in [0.29, 0.717) is 30.6 Å². The van der Waals surface area contributed by atoms with Crippen LogP contribution in [0.1, 0.15) is 77.6 Å². The first-order valence-corrected chi connectivity index (χ1v) is 11.7. The molecule has 4 nitrogen and oxygen atoms in total. The summed E-state index contributed by atoms with van der Waals surface area (Å²) in [6, 6.07) is 0. The van der Waals surface area contributed by atoms with E-state index in [1.54, 1.807) is 4.90 Å². The predicted octanol–water partition coefficient (Wildman–Crippen LogP) is 4.47. The summed E-state index contributed by atoms with van der Waals surface area (Å²) < 4.78 is 0. The maximum absolute atomic E-state index is 11.7. The molecular formula is C25H41NO3. The van der Waals surface area contributed by atoms with Gasteiger partial charge >= 0.3 is 0 Å². The molecule has 0 heterocycles. The molecule has 29 heavy (non-hydrogen) atoms. The van der Waals surface area contributed by atoms with E-state index < -0.39 is 5.60 Å². The van der Waals surface area contributed by atoms with E-state index >= 15 is 0 Å². The van der Waals surface area contributed by atoms with Gasteiger partial charge in [0.2, 0.25) is 5.91 Å². The summed E-state index contributed by atoms with van der Waals surface area (Å²) in [7, 11) is 3.63. The lowest BCUT2D eigenvalue weighted by molar-refractivity contribution is -0.128. The highest BCUT2D eigenvalue weighted by molar-refractivity contribution is 5.75. The van der Waals surface area contributed by atoms with Gasteiger partial charge in [0.1, 0.15) is 0 Å². The largest absolute Gasteiger partial charge is 0.392 e. The van der Waals surface area contributed by atoms with Crippen molar-refractivity contribution in [3.63, 3.8) is 0 Å². The Morgan fingerprint density at radius 3 is 2.69 bits per heavy atom. The van der Waals surface area contributed by atoms with Crippen molar-refractivity contribution in [1.29, 1.82) is 0 Å². The van der Waals surface area contributed by atoms with Crippen molar-refractivity contribution in [1.82, 2.24) is 4.90 Å². The van der Waals surface area contributed by atoms with Gasteiger partial charge in [0.25, 0.3) is 0 Å². The number of hydrogen-bond acceptors (Lipinski definition) is 3.